The molecule has 0 unspecified atom stereocenters. The van der Waals surface area contributed by atoms with Gasteiger partial charge in [-0.05, 0) is 36.8 Å². The SMILES string of the molecule is COCCCNC(=O)c1ccc(Nc2cc(C(F)(F)F)ccc2Cl)nn1. The van der Waals surface area contributed by atoms with E-state index >= 15 is 0 Å². The number of amides is 1. The molecule has 140 valence electrons. The van der Waals surface area contributed by atoms with Crippen molar-refractivity contribution in [1.29, 1.82) is 0 Å². The predicted octanol–water partition coefficient (Wildman–Crippen LogP) is 3.66. The van der Waals surface area contributed by atoms with Gasteiger partial charge in [0.25, 0.3) is 5.91 Å². The van der Waals surface area contributed by atoms with Crippen LogP contribution in [0.3, 0.4) is 0 Å². The van der Waals surface area contributed by atoms with Gasteiger partial charge in [0.2, 0.25) is 0 Å². The van der Waals surface area contributed by atoms with Crippen LogP contribution in [0.1, 0.15) is 22.5 Å². The van der Waals surface area contributed by atoms with Gasteiger partial charge in [0.1, 0.15) is 0 Å². The number of aromatic nitrogens is 2. The maximum atomic E-state index is 12.8. The van der Waals surface area contributed by atoms with Crippen LogP contribution in [-0.2, 0) is 10.9 Å². The van der Waals surface area contributed by atoms with Gasteiger partial charge in [0.05, 0.1) is 16.3 Å². The molecule has 6 nitrogen and oxygen atoms in total. The van der Waals surface area contributed by atoms with E-state index < -0.39 is 17.6 Å². The number of rotatable bonds is 7. The maximum absolute atomic E-state index is 12.8. The summed E-state index contributed by atoms with van der Waals surface area (Å²) < 4.78 is 43.2. The Balaban J connectivity index is 2.04. The molecule has 1 aromatic heterocycles. The Hall–Kier alpha value is -2.39. The molecule has 0 fully saturated rings. The zero-order valence-electron chi connectivity index (χ0n) is 13.7. The average Bonchev–Trinajstić information content (AvgIpc) is 2.60. The number of alkyl halides is 3. The number of carbonyl (C=O) groups is 1. The first kappa shape index (κ1) is 19.9. The summed E-state index contributed by atoms with van der Waals surface area (Å²) in [4.78, 5) is 11.9. The van der Waals surface area contributed by atoms with E-state index in [0.29, 0.717) is 19.6 Å². The molecule has 0 radical (unpaired) electrons. The highest BCUT2D eigenvalue weighted by molar-refractivity contribution is 6.33. The summed E-state index contributed by atoms with van der Waals surface area (Å²) in [5.74, 6) is -0.251. The molecule has 1 aromatic carbocycles. The molecule has 2 aromatic rings. The lowest BCUT2D eigenvalue weighted by Crippen LogP contribution is -2.26. The van der Waals surface area contributed by atoms with E-state index in [4.69, 9.17) is 16.3 Å². The summed E-state index contributed by atoms with van der Waals surface area (Å²) in [5.41, 5.74) is -0.722. The number of nitrogens with zero attached hydrogens (tertiary/aromatic N) is 2. The fourth-order valence-corrected chi connectivity index (χ4v) is 2.13. The van der Waals surface area contributed by atoms with E-state index in [2.05, 4.69) is 20.8 Å². The van der Waals surface area contributed by atoms with Crippen LogP contribution in [0.15, 0.2) is 30.3 Å². The van der Waals surface area contributed by atoms with Gasteiger partial charge >= 0.3 is 6.18 Å². The third kappa shape index (κ3) is 5.57. The third-order valence-corrected chi connectivity index (χ3v) is 3.59. The number of carbonyl (C=O) groups excluding carboxylic acids is 1. The second kappa shape index (κ2) is 8.81. The first-order valence-corrected chi connectivity index (χ1v) is 7.93. The van der Waals surface area contributed by atoms with E-state index in [0.717, 1.165) is 18.2 Å². The van der Waals surface area contributed by atoms with Gasteiger partial charge in [-0.25, -0.2) is 0 Å². The van der Waals surface area contributed by atoms with Gasteiger partial charge in [0, 0.05) is 20.3 Å². The molecule has 0 aliphatic heterocycles. The van der Waals surface area contributed by atoms with Gasteiger partial charge in [-0.2, -0.15) is 13.2 Å². The Bertz CT molecular complexity index is 754. The van der Waals surface area contributed by atoms with Crippen LogP contribution in [0.5, 0.6) is 0 Å². The topological polar surface area (TPSA) is 76.1 Å². The Morgan fingerprint density at radius 3 is 2.62 bits per heavy atom. The zero-order valence-corrected chi connectivity index (χ0v) is 14.5. The minimum atomic E-state index is -4.49. The maximum Gasteiger partial charge on any atom is 0.416 e. The molecule has 0 spiro atoms. The average molecular weight is 389 g/mol. The van der Waals surface area contributed by atoms with Crippen molar-refractivity contribution in [3.63, 3.8) is 0 Å². The zero-order chi connectivity index (χ0) is 19.2. The van der Waals surface area contributed by atoms with Crippen molar-refractivity contribution in [2.45, 2.75) is 12.6 Å². The molecule has 2 rings (SSSR count). The van der Waals surface area contributed by atoms with Gasteiger partial charge in [-0.3, -0.25) is 4.79 Å². The molecule has 26 heavy (non-hydrogen) atoms. The van der Waals surface area contributed by atoms with Crippen LogP contribution in [-0.4, -0.2) is 36.4 Å². The molecule has 1 amide bonds. The van der Waals surface area contributed by atoms with Crippen LogP contribution >= 0.6 is 11.6 Å². The van der Waals surface area contributed by atoms with E-state index in [1.165, 1.54) is 12.1 Å². The minimum absolute atomic E-state index is 0.0348. The second-order valence-electron chi connectivity index (χ2n) is 5.22. The van der Waals surface area contributed by atoms with Crippen molar-refractivity contribution in [2.75, 3.05) is 25.6 Å². The highest BCUT2D eigenvalue weighted by Gasteiger charge is 2.31. The van der Waals surface area contributed by atoms with Crippen molar-refractivity contribution < 1.29 is 22.7 Å². The lowest BCUT2D eigenvalue weighted by molar-refractivity contribution is -0.137. The van der Waals surface area contributed by atoms with Gasteiger partial charge in [-0.1, -0.05) is 11.6 Å². The number of hydrogen-bond acceptors (Lipinski definition) is 5. The minimum Gasteiger partial charge on any atom is -0.385 e. The first-order chi connectivity index (χ1) is 12.3. The van der Waals surface area contributed by atoms with Crippen LogP contribution in [0.25, 0.3) is 0 Å². The summed E-state index contributed by atoms with van der Waals surface area (Å²) >= 11 is 5.91. The largest absolute Gasteiger partial charge is 0.416 e. The van der Waals surface area contributed by atoms with Gasteiger partial charge < -0.3 is 15.4 Å². The smallest absolute Gasteiger partial charge is 0.385 e. The number of methoxy groups -OCH3 is 1. The monoisotopic (exact) mass is 388 g/mol. The third-order valence-electron chi connectivity index (χ3n) is 3.26. The van der Waals surface area contributed by atoms with Crippen molar-refractivity contribution in [3.8, 4) is 0 Å². The standard InChI is InChI=1S/C16H16ClF3N4O2/c1-26-8-2-7-21-15(25)12-5-6-14(24-23-12)22-13-9-10(16(18,19)20)3-4-11(13)17/h3-6,9H,2,7-8H2,1H3,(H,21,25)(H,22,24). The molecule has 0 aliphatic carbocycles. The normalized spacial score (nSPS) is 11.3. The number of halogens is 4. The molecule has 0 saturated carbocycles. The summed E-state index contributed by atoms with van der Waals surface area (Å²) in [5, 5.41) is 12.9. The number of anilines is 2. The van der Waals surface area contributed by atoms with Gasteiger partial charge in [0.15, 0.2) is 11.5 Å². The summed E-state index contributed by atoms with van der Waals surface area (Å²) in [6, 6.07) is 5.73. The lowest BCUT2D eigenvalue weighted by Gasteiger charge is -2.12. The predicted molar refractivity (Wildman–Crippen MR) is 90.6 cm³/mol. The fraction of sp³-hybridized carbons (Fsp3) is 0.312. The highest BCUT2D eigenvalue weighted by atomic mass is 35.5. The van der Waals surface area contributed by atoms with Crippen LogP contribution in [0, 0.1) is 0 Å². The molecular formula is C16H16ClF3N4O2. The molecule has 0 aliphatic rings. The Morgan fingerprint density at radius 1 is 1.23 bits per heavy atom. The van der Waals surface area contributed by atoms with Crippen LogP contribution < -0.4 is 10.6 Å². The molecule has 0 saturated heterocycles. The first-order valence-electron chi connectivity index (χ1n) is 7.56. The Kier molecular flexibility index (Phi) is 6.76. The van der Waals surface area contributed by atoms with E-state index in [-0.39, 0.29) is 22.2 Å². The molecule has 1 heterocycles. The highest BCUT2D eigenvalue weighted by Crippen LogP contribution is 2.34. The Morgan fingerprint density at radius 2 is 2.00 bits per heavy atom. The number of nitrogens with one attached hydrogen (secondary N) is 2. The van der Waals surface area contributed by atoms with Crippen molar-refractivity contribution in [2.24, 2.45) is 0 Å². The second-order valence-corrected chi connectivity index (χ2v) is 5.63. The van der Waals surface area contributed by atoms with Gasteiger partial charge in [-0.15, -0.1) is 10.2 Å². The molecule has 10 heteroatoms. The summed E-state index contributed by atoms with van der Waals surface area (Å²) in [6.45, 7) is 0.945. The number of benzene rings is 1. The van der Waals surface area contributed by atoms with E-state index in [9.17, 15) is 18.0 Å². The van der Waals surface area contributed by atoms with Crippen molar-refractivity contribution in [1.82, 2.24) is 15.5 Å². The Labute approximate surface area is 152 Å². The summed E-state index contributed by atoms with van der Waals surface area (Å²) in [7, 11) is 1.57. The number of ether oxygens (including phenoxy) is 1. The lowest BCUT2D eigenvalue weighted by atomic mass is 10.2. The molecular weight excluding hydrogens is 373 g/mol. The fourth-order valence-electron chi connectivity index (χ4n) is 1.96. The molecule has 2 N–H and O–H groups in total. The van der Waals surface area contributed by atoms with Crippen LogP contribution in [0.4, 0.5) is 24.7 Å². The number of hydrogen-bond donors (Lipinski definition) is 2. The summed E-state index contributed by atoms with van der Waals surface area (Å²) in [6.07, 6.45) is -3.83. The van der Waals surface area contributed by atoms with Crippen molar-refractivity contribution >= 4 is 29.0 Å². The molecule has 0 atom stereocenters. The van der Waals surface area contributed by atoms with E-state index in [1.54, 1.807) is 7.11 Å². The van der Waals surface area contributed by atoms with Crippen molar-refractivity contribution in [3.05, 3.63) is 46.6 Å². The van der Waals surface area contributed by atoms with E-state index in [1.807, 2.05) is 0 Å². The van der Waals surface area contributed by atoms with Crippen LogP contribution in [0.2, 0.25) is 5.02 Å². The quantitative estimate of drug-likeness (QED) is 0.708. The molecule has 0 bridgehead atoms.